The third kappa shape index (κ3) is 22.8. The normalized spacial score (nSPS) is 14.9. The molecular formula is C39H75NO6. The number of nitrogens with zero attached hydrogens (tertiary/aromatic N) is 1. The third-order valence-electron chi connectivity index (χ3n) is 9.51. The molecule has 0 saturated carbocycles. The molecule has 0 heterocycles. The highest BCUT2D eigenvalue weighted by atomic mass is 16.6. The fourth-order valence-electron chi connectivity index (χ4n) is 6.79. The van der Waals surface area contributed by atoms with Crippen LogP contribution < -0.4 is 0 Å². The molecule has 0 spiro atoms. The summed E-state index contributed by atoms with van der Waals surface area (Å²) < 4.78 is 10.9. The number of rotatable bonds is 32. The third-order valence-corrected chi connectivity index (χ3v) is 9.51. The lowest BCUT2D eigenvalue weighted by Gasteiger charge is -2.37. The molecule has 0 aromatic heterocycles. The average Bonchev–Trinajstić information content (AvgIpc) is 3.01. The van der Waals surface area contributed by atoms with Gasteiger partial charge in [-0.3, -0.25) is 14.4 Å². The Morgan fingerprint density at radius 2 is 1.13 bits per heavy atom. The van der Waals surface area contributed by atoms with E-state index >= 15 is 0 Å². The Hall–Kier alpha value is -1.63. The summed E-state index contributed by atoms with van der Waals surface area (Å²) in [6, 6.07) is 0. The lowest BCUT2D eigenvalue weighted by atomic mass is 9.67. The predicted octanol–water partition coefficient (Wildman–Crippen LogP) is 10.4. The summed E-state index contributed by atoms with van der Waals surface area (Å²) in [5.41, 5.74) is -0.817. The van der Waals surface area contributed by atoms with Crippen molar-refractivity contribution in [2.24, 2.45) is 17.3 Å². The van der Waals surface area contributed by atoms with Crippen LogP contribution in [0.15, 0.2) is 0 Å². The molecule has 0 aromatic rings. The summed E-state index contributed by atoms with van der Waals surface area (Å²) in [7, 11) is 3.93. The molecule has 0 aliphatic carbocycles. The first-order valence-corrected chi connectivity index (χ1v) is 19.3. The van der Waals surface area contributed by atoms with Crippen LogP contribution in [0.5, 0.6) is 0 Å². The van der Waals surface area contributed by atoms with Gasteiger partial charge in [-0.15, -0.1) is 0 Å². The van der Waals surface area contributed by atoms with E-state index in [0.29, 0.717) is 43.9 Å². The number of carbonyl (C=O) groups excluding carboxylic acids is 2. The van der Waals surface area contributed by atoms with E-state index in [0.717, 1.165) is 64.3 Å². The molecule has 0 aliphatic heterocycles. The number of aliphatic carboxylic acids is 1. The molecule has 0 amide bonds. The number of esters is 2. The lowest BCUT2D eigenvalue weighted by Crippen LogP contribution is -2.36. The highest BCUT2D eigenvalue weighted by molar-refractivity contribution is 5.75. The number of ether oxygens (including phenoxy) is 2. The van der Waals surface area contributed by atoms with Crippen LogP contribution in [0.1, 0.15) is 182 Å². The SMILES string of the molecule is CCCCCCC(CCCC)CC(CCCC(=O)OCC(C)OC(=O)CCCN(C)C)(CC(CCCC)CCCCCC)C(=O)O. The number of hydrogen-bond acceptors (Lipinski definition) is 6. The fraction of sp³-hybridized carbons (Fsp3) is 0.923. The summed E-state index contributed by atoms with van der Waals surface area (Å²) in [5, 5.41) is 10.9. The Kier molecular flexibility index (Phi) is 27.4. The molecule has 1 N–H and O–H groups in total. The topological polar surface area (TPSA) is 93.1 Å². The Bertz CT molecular complexity index is 744. The van der Waals surface area contributed by atoms with Gasteiger partial charge in [0.15, 0.2) is 0 Å². The molecule has 0 fully saturated rings. The number of unbranched alkanes of at least 4 members (excludes halogenated alkanes) is 8. The van der Waals surface area contributed by atoms with Gasteiger partial charge in [0.25, 0.3) is 0 Å². The second-order valence-electron chi connectivity index (χ2n) is 14.5. The average molecular weight is 654 g/mol. The quantitative estimate of drug-likeness (QED) is 0.0570. The van der Waals surface area contributed by atoms with Crippen LogP contribution in [0.3, 0.4) is 0 Å². The maximum Gasteiger partial charge on any atom is 0.309 e. The van der Waals surface area contributed by atoms with E-state index in [4.69, 9.17) is 9.47 Å². The standard InChI is InChI=1S/C39H75NO6/c1-8-12-16-18-24-34(22-14-10-3)30-39(38(43)44,31-35(23-15-11-4)25-19-17-13-9-2)28-20-26-36(41)45-32-33(5)46-37(42)27-21-29-40(6)7/h33-35H,8-32H2,1-7H3,(H,43,44). The summed E-state index contributed by atoms with van der Waals surface area (Å²) in [5.74, 6) is -0.504. The van der Waals surface area contributed by atoms with Gasteiger partial charge in [0.2, 0.25) is 0 Å². The Morgan fingerprint density at radius 3 is 1.59 bits per heavy atom. The maximum atomic E-state index is 13.3. The second kappa shape index (κ2) is 28.4. The molecule has 0 saturated heterocycles. The van der Waals surface area contributed by atoms with Crippen LogP contribution in [0.2, 0.25) is 0 Å². The van der Waals surface area contributed by atoms with Crippen molar-refractivity contribution in [1.82, 2.24) is 4.90 Å². The van der Waals surface area contributed by atoms with Gasteiger partial charge in [-0.1, -0.05) is 130 Å². The highest BCUT2D eigenvalue weighted by Crippen LogP contribution is 2.44. The Morgan fingerprint density at radius 1 is 0.652 bits per heavy atom. The van der Waals surface area contributed by atoms with Crippen molar-refractivity contribution in [3.8, 4) is 0 Å². The summed E-state index contributed by atoms with van der Waals surface area (Å²) in [6.45, 7) is 11.5. The van der Waals surface area contributed by atoms with Gasteiger partial charge in [0.05, 0.1) is 5.41 Å². The number of carboxylic acids is 1. The van der Waals surface area contributed by atoms with E-state index in [-0.39, 0.29) is 25.0 Å². The van der Waals surface area contributed by atoms with Gasteiger partial charge in [-0.2, -0.15) is 0 Å². The Balaban J connectivity index is 5.58. The molecule has 3 atom stereocenters. The van der Waals surface area contributed by atoms with Crippen molar-refractivity contribution in [2.45, 2.75) is 188 Å². The van der Waals surface area contributed by atoms with Crippen LogP contribution >= 0.6 is 0 Å². The molecule has 7 nitrogen and oxygen atoms in total. The van der Waals surface area contributed by atoms with Crippen LogP contribution in [0, 0.1) is 17.3 Å². The van der Waals surface area contributed by atoms with Gasteiger partial charge in [0.1, 0.15) is 12.7 Å². The summed E-state index contributed by atoms with van der Waals surface area (Å²) >= 11 is 0. The van der Waals surface area contributed by atoms with E-state index in [2.05, 4.69) is 27.7 Å². The predicted molar refractivity (Wildman–Crippen MR) is 191 cm³/mol. The fourth-order valence-corrected chi connectivity index (χ4v) is 6.79. The van der Waals surface area contributed by atoms with Crippen LogP contribution in [0.25, 0.3) is 0 Å². The second-order valence-corrected chi connectivity index (χ2v) is 14.5. The highest BCUT2D eigenvalue weighted by Gasteiger charge is 2.41. The maximum absolute atomic E-state index is 13.3. The lowest BCUT2D eigenvalue weighted by molar-refractivity contribution is -0.158. The number of hydrogen-bond donors (Lipinski definition) is 1. The molecule has 0 rings (SSSR count). The van der Waals surface area contributed by atoms with E-state index in [1.807, 2.05) is 19.0 Å². The molecule has 272 valence electrons. The van der Waals surface area contributed by atoms with E-state index < -0.39 is 17.5 Å². The van der Waals surface area contributed by atoms with Gasteiger partial charge >= 0.3 is 17.9 Å². The first-order valence-electron chi connectivity index (χ1n) is 19.3. The molecule has 46 heavy (non-hydrogen) atoms. The first kappa shape index (κ1) is 44.4. The summed E-state index contributed by atoms with van der Waals surface area (Å²) in [4.78, 5) is 40.2. The smallest absolute Gasteiger partial charge is 0.309 e. The first-order chi connectivity index (χ1) is 22.0. The molecular weight excluding hydrogens is 578 g/mol. The molecule has 0 aliphatic rings. The Labute approximate surface area is 284 Å². The van der Waals surface area contributed by atoms with E-state index in [1.165, 1.54) is 51.4 Å². The van der Waals surface area contributed by atoms with Gasteiger partial charge in [-0.05, 0) is 71.5 Å². The minimum atomic E-state index is -0.817. The van der Waals surface area contributed by atoms with Gasteiger partial charge < -0.3 is 19.5 Å². The van der Waals surface area contributed by atoms with Crippen LogP contribution in [0.4, 0.5) is 0 Å². The number of carboxylic acid groups (broad SMARTS) is 1. The van der Waals surface area contributed by atoms with Crippen molar-refractivity contribution < 1.29 is 29.0 Å². The van der Waals surface area contributed by atoms with Crippen molar-refractivity contribution in [2.75, 3.05) is 27.2 Å². The molecule has 0 aromatic carbocycles. The minimum absolute atomic E-state index is 0.0238. The molecule has 7 heteroatoms. The molecule has 0 radical (unpaired) electrons. The van der Waals surface area contributed by atoms with E-state index in [9.17, 15) is 19.5 Å². The van der Waals surface area contributed by atoms with E-state index in [1.54, 1.807) is 6.92 Å². The van der Waals surface area contributed by atoms with Crippen LogP contribution in [-0.2, 0) is 23.9 Å². The zero-order valence-corrected chi connectivity index (χ0v) is 31.3. The number of carbonyl (C=O) groups is 3. The van der Waals surface area contributed by atoms with Crippen molar-refractivity contribution in [3.05, 3.63) is 0 Å². The van der Waals surface area contributed by atoms with Gasteiger partial charge in [-0.25, -0.2) is 0 Å². The van der Waals surface area contributed by atoms with Crippen molar-refractivity contribution >= 4 is 17.9 Å². The van der Waals surface area contributed by atoms with Crippen molar-refractivity contribution in [1.29, 1.82) is 0 Å². The minimum Gasteiger partial charge on any atom is -0.481 e. The van der Waals surface area contributed by atoms with Crippen molar-refractivity contribution in [3.63, 3.8) is 0 Å². The van der Waals surface area contributed by atoms with Crippen LogP contribution in [-0.4, -0.2) is 61.3 Å². The summed E-state index contributed by atoms with van der Waals surface area (Å²) in [6.07, 6.45) is 21.7. The van der Waals surface area contributed by atoms with Gasteiger partial charge in [0, 0.05) is 12.8 Å². The monoisotopic (exact) mass is 654 g/mol. The zero-order chi connectivity index (χ0) is 34.6. The molecule has 0 bridgehead atoms. The molecule has 3 unspecified atom stereocenters. The largest absolute Gasteiger partial charge is 0.481 e. The zero-order valence-electron chi connectivity index (χ0n) is 31.3.